The lowest BCUT2D eigenvalue weighted by atomic mass is 9.84. The Morgan fingerprint density at radius 3 is 2.72 bits per heavy atom. The van der Waals surface area contributed by atoms with Crippen molar-refractivity contribution in [2.75, 3.05) is 13.1 Å². The zero-order valence-corrected chi connectivity index (χ0v) is 12.9. The number of carbonyl (C=O) groups excluding carboxylic acids is 1. The third-order valence-electron chi connectivity index (χ3n) is 3.54. The maximum atomic E-state index is 12.5. The molecule has 0 bridgehead atoms. The van der Waals surface area contributed by atoms with Crippen molar-refractivity contribution >= 4 is 21.8 Å². The van der Waals surface area contributed by atoms with Crippen LogP contribution in [0.1, 0.15) is 42.6 Å². The molecule has 0 N–H and O–H groups in total. The minimum Gasteiger partial charge on any atom is -0.338 e. The normalized spacial score (nSPS) is 18.8. The minimum absolute atomic E-state index is 0.148. The van der Waals surface area contributed by atoms with Crippen molar-refractivity contribution in [3.8, 4) is 0 Å². The highest BCUT2D eigenvalue weighted by atomic mass is 79.9. The van der Waals surface area contributed by atoms with Crippen molar-refractivity contribution in [1.82, 2.24) is 4.90 Å². The van der Waals surface area contributed by atoms with Gasteiger partial charge in [-0.1, -0.05) is 19.9 Å². The number of benzene rings is 1. The molecule has 0 saturated carbocycles. The number of likely N-dealkylation sites (tertiary alicyclic amines) is 1. The predicted molar refractivity (Wildman–Crippen MR) is 77.8 cm³/mol. The summed E-state index contributed by atoms with van der Waals surface area (Å²) in [6, 6.07) is 5.92. The Morgan fingerprint density at radius 2 is 2.11 bits per heavy atom. The Kier molecular flexibility index (Phi) is 3.81. The van der Waals surface area contributed by atoms with Crippen LogP contribution in [-0.2, 0) is 0 Å². The summed E-state index contributed by atoms with van der Waals surface area (Å²) in [5, 5.41) is 0. The van der Waals surface area contributed by atoms with Crippen molar-refractivity contribution in [3.05, 3.63) is 33.8 Å². The van der Waals surface area contributed by atoms with Crippen LogP contribution in [0.25, 0.3) is 0 Å². The van der Waals surface area contributed by atoms with Crippen molar-refractivity contribution in [1.29, 1.82) is 0 Å². The van der Waals surface area contributed by atoms with Gasteiger partial charge >= 0.3 is 0 Å². The summed E-state index contributed by atoms with van der Waals surface area (Å²) >= 11 is 3.50. The molecule has 1 heterocycles. The Hall–Kier alpha value is -0.830. The number of aryl methyl sites for hydroxylation is 1. The fourth-order valence-corrected chi connectivity index (χ4v) is 3.22. The highest BCUT2D eigenvalue weighted by molar-refractivity contribution is 9.10. The summed E-state index contributed by atoms with van der Waals surface area (Å²) < 4.78 is 0.899. The van der Waals surface area contributed by atoms with E-state index in [4.69, 9.17) is 0 Å². The number of hydrogen-bond acceptors (Lipinski definition) is 1. The second-order valence-electron chi connectivity index (χ2n) is 5.98. The highest BCUT2D eigenvalue weighted by Gasteiger charge is 2.30. The summed E-state index contributed by atoms with van der Waals surface area (Å²) in [6.45, 7) is 8.23. The van der Waals surface area contributed by atoms with Gasteiger partial charge in [0, 0.05) is 17.6 Å². The van der Waals surface area contributed by atoms with Crippen molar-refractivity contribution in [2.45, 2.75) is 33.6 Å². The van der Waals surface area contributed by atoms with Gasteiger partial charge in [-0.3, -0.25) is 4.79 Å². The predicted octanol–water partition coefficient (Wildman–Crippen LogP) is 4.02. The van der Waals surface area contributed by atoms with E-state index in [1.165, 1.54) is 6.42 Å². The molecule has 0 spiro atoms. The van der Waals surface area contributed by atoms with E-state index in [2.05, 4.69) is 29.8 Å². The lowest BCUT2D eigenvalue weighted by molar-refractivity contribution is 0.0582. The van der Waals surface area contributed by atoms with E-state index in [-0.39, 0.29) is 11.3 Å². The van der Waals surface area contributed by atoms with Crippen LogP contribution in [0.15, 0.2) is 22.7 Å². The molecule has 1 fully saturated rings. The quantitative estimate of drug-likeness (QED) is 0.767. The smallest absolute Gasteiger partial charge is 0.255 e. The van der Waals surface area contributed by atoms with Crippen molar-refractivity contribution in [2.24, 2.45) is 5.41 Å². The van der Waals surface area contributed by atoms with Crippen LogP contribution in [0.3, 0.4) is 0 Å². The third-order valence-corrected chi connectivity index (χ3v) is 4.20. The molecule has 0 unspecified atom stereocenters. The zero-order valence-electron chi connectivity index (χ0n) is 11.3. The number of nitrogens with zero attached hydrogens (tertiary/aromatic N) is 1. The van der Waals surface area contributed by atoms with E-state index >= 15 is 0 Å². The van der Waals surface area contributed by atoms with Crippen molar-refractivity contribution in [3.63, 3.8) is 0 Å². The summed E-state index contributed by atoms with van der Waals surface area (Å²) in [5.74, 6) is 0.148. The lowest BCUT2D eigenvalue weighted by Crippen LogP contribution is -2.43. The van der Waals surface area contributed by atoms with Gasteiger partial charge in [-0.05, 0) is 58.8 Å². The minimum atomic E-state index is 0.148. The molecule has 0 aliphatic carbocycles. The fourth-order valence-electron chi connectivity index (χ4n) is 2.56. The van der Waals surface area contributed by atoms with E-state index in [0.29, 0.717) is 0 Å². The van der Waals surface area contributed by atoms with Gasteiger partial charge in [-0.25, -0.2) is 0 Å². The molecule has 1 amide bonds. The molecule has 0 atom stereocenters. The maximum Gasteiger partial charge on any atom is 0.255 e. The first kappa shape index (κ1) is 13.6. The fraction of sp³-hybridized carbons (Fsp3) is 0.533. The van der Waals surface area contributed by atoms with Gasteiger partial charge in [0.2, 0.25) is 0 Å². The van der Waals surface area contributed by atoms with E-state index < -0.39 is 0 Å². The highest BCUT2D eigenvalue weighted by Crippen LogP contribution is 2.30. The molecule has 18 heavy (non-hydrogen) atoms. The molecule has 1 aromatic carbocycles. The first-order valence-corrected chi connectivity index (χ1v) is 7.24. The molecule has 3 heteroatoms. The average molecular weight is 310 g/mol. The molecule has 2 nitrogen and oxygen atoms in total. The molecule has 0 radical (unpaired) electrons. The molecule has 1 aliphatic rings. The largest absolute Gasteiger partial charge is 0.338 e. The molecule has 0 aromatic heterocycles. The molecule has 1 aromatic rings. The monoisotopic (exact) mass is 309 g/mol. The van der Waals surface area contributed by atoms with Gasteiger partial charge in [-0.2, -0.15) is 0 Å². The van der Waals surface area contributed by atoms with Gasteiger partial charge in [0.05, 0.1) is 5.56 Å². The van der Waals surface area contributed by atoms with Crippen LogP contribution in [0, 0.1) is 12.3 Å². The molecule has 1 aliphatic heterocycles. The number of amides is 1. The van der Waals surface area contributed by atoms with Gasteiger partial charge in [-0.15, -0.1) is 0 Å². The number of piperidine rings is 1. The second kappa shape index (κ2) is 5.04. The standard InChI is InChI=1S/C15H20BrNO/c1-11-5-6-12(13(16)9-11)14(18)17-8-4-7-15(2,3)10-17/h5-6,9H,4,7-8,10H2,1-3H3. The topological polar surface area (TPSA) is 20.3 Å². The average Bonchev–Trinajstić information content (AvgIpc) is 2.27. The van der Waals surface area contributed by atoms with Crippen LogP contribution in [0.4, 0.5) is 0 Å². The van der Waals surface area contributed by atoms with Gasteiger partial charge < -0.3 is 4.90 Å². The van der Waals surface area contributed by atoms with E-state index in [9.17, 15) is 4.79 Å². The maximum absolute atomic E-state index is 12.5. The Balaban J connectivity index is 2.20. The van der Waals surface area contributed by atoms with Gasteiger partial charge in [0.1, 0.15) is 0 Å². The number of carbonyl (C=O) groups is 1. The van der Waals surface area contributed by atoms with E-state index in [0.717, 1.165) is 35.1 Å². The number of rotatable bonds is 1. The first-order chi connectivity index (χ1) is 8.39. The van der Waals surface area contributed by atoms with Gasteiger partial charge in [0.15, 0.2) is 0 Å². The Bertz CT molecular complexity index is 468. The molecular formula is C15H20BrNO. The lowest BCUT2D eigenvalue weighted by Gasteiger charge is -2.38. The zero-order chi connectivity index (χ0) is 13.3. The van der Waals surface area contributed by atoms with Gasteiger partial charge in [0.25, 0.3) is 5.91 Å². The van der Waals surface area contributed by atoms with Crippen LogP contribution >= 0.6 is 15.9 Å². The summed E-state index contributed by atoms with van der Waals surface area (Å²) in [7, 11) is 0. The molecule has 2 rings (SSSR count). The molecule has 1 saturated heterocycles. The van der Waals surface area contributed by atoms with E-state index in [1.807, 2.05) is 30.0 Å². The van der Waals surface area contributed by atoms with E-state index in [1.54, 1.807) is 0 Å². The second-order valence-corrected chi connectivity index (χ2v) is 6.83. The first-order valence-electron chi connectivity index (χ1n) is 6.44. The van der Waals surface area contributed by atoms with Crippen LogP contribution < -0.4 is 0 Å². The summed E-state index contributed by atoms with van der Waals surface area (Å²) in [5.41, 5.74) is 2.18. The number of halogens is 1. The number of hydrogen-bond donors (Lipinski definition) is 0. The molecule has 98 valence electrons. The molecular weight excluding hydrogens is 290 g/mol. The Labute approximate surface area is 117 Å². The SMILES string of the molecule is Cc1ccc(C(=O)N2CCCC(C)(C)C2)c(Br)c1. The van der Waals surface area contributed by atoms with Crippen LogP contribution in [-0.4, -0.2) is 23.9 Å². The Morgan fingerprint density at radius 1 is 1.39 bits per heavy atom. The summed E-state index contributed by atoms with van der Waals surface area (Å²) in [6.07, 6.45) is 2.30. The summed E-state index contributed by atoms with van der Waals surface area (Å²) in [4.78, 5) is 14.5. The van der Waals surface area contributed by atoms with Crippen LogP contribution in [0.5, 0.6) is 0 Å². The van der Waals surface area contributed by atoms with Crippen LogP contribution in [0.2, 0.25) is 0 Å². The van der Waals surface area contributed by atoms with Crippen molar-refractivity contribution < 1.29 is 4.79 Å². The third kappa shape index (κ3) is 2.94.